The average molecular weight is 601 g/mol. The molecule has 3 aromatic rings. The van der Waals surface area contributed by atoms with Gasteiger partial charge in [-0.05, 0) is 55.3 Å². The van der Waals surface area contributed by atoms with E-state index in [0.29, 0.717) is 14.8 Å². The largest absolute Gasteiger partial charge is 0.460 e. The van der Waals surface area contributed by atoms with Crippen LogP contribution in [0.2, 0.25) is 0 Å². The summed E-state index contributed by atoms with van der Waals surface area (Å²) >= 11 is 7.97. The Morgan fingerprint density at radius 1 is 1.15 bits per heavy atom. The first-order valence-corrected chi connectivity index (χ1v) is 12.7. The van der Waals surface area contributed by atoms with Crippen molar-refractivity contribution in [3.63, 3.8) is 0 Å². The van der Waals surface area contributed by atoms with Crippen LogP contribution in [-0.2, 0) is 9.53 Å². The molecule has 1 aromatic heterocycles. The molecule has 34 heavy (non-hydrogen) atoms. The topological polar surface area (TPSA) is 98.1 Å². The Balaban J connectivity index is 2.08. The number of aromatic nitrogens is 1. The molecule has 0 unspecified atom stereocenters. The Morgan fingerprint density at radius 2 is 1.74 bits per heavy atom. The second kappa shape index (κ2) is 9.74. The van der Waals surface area contributed by atoms with Gasteiger partial charge in [-0.1, -0.05) is 56.1 Å². The Morgan fingerprint density at radius 3 is 2.29 bits per heavy atom. The third kappa shape index (κ3) is 4.53. The third-order valence-electron chi connectivity index (χ3n) is 5.20. The molecule has 0 saturated heterocycles. The Bertz CT molecular complexity index is 1530. The molecule has 0 saturated carbocycles. The van der Waals surface area contributed by atoms with E-state index < -0.39 is 17.4 Å². The highest BCUT2D eigenvalue weighted by Gasteiger charge is 2.36. The number of allylic oxidation sites excluding steroid dienone is 1. The second-order valence-corrected chi connectivity index (χ2v) is 10.7. The molecule has 4 rings (SSSR count). The molecule has 2 heterocycles. The molecule has 0 amide bonds. The molecule has 0 bridgehead atoms. The number of hydrogen-bond donors (Lipinski definition) is 1. The summed E-state index contributed by atoms with van der Waals surface area (Å²) in [7, 11) is 0. The fourth-order valence-corrected chi connectivity index (χ4v) is 5.42. The predicted molar refractivity (Wildman–Crippen MR) is 140 cm³/mol. The maximum atomic E-state index is 13.4. The van der Waals surface area contributed by atoms with Crippen molar-refractivity contribution < 1.29 is 9.53 Å². The number of thiazole rings is 1. The Labute approximate surface area is 216 Å². The van der Waals surface area contributed by atoms with Crippen LogP contribution in [0.15, 0.2) is 67.8 Å². The number of rotatable bonds is 4. The van der Waals surface area contributed by atoms with E-state index in [9.17, 15) is 14.9 Å². The molecule has 0 fully saturated rings. The highest BCUT2D eigenvalue weighted by molar-refractivity contribution is 9.10. The van der Waals surface area contributed by atoms with Crippen LogP contribution in [0.5, 0.6) is 0 Å². The van der Waals surface area contributed by atoms with Gasteiger partial charge in [0.05, 0.1) is 33.8 Å². The van der Waals surface area contributed by atoms with E-state index in [-0.39, 0.29) is 23.1 Å². The molecule has 1 aliphatic heterocycles. The number of nitrogens with two attached hydrogens (primary N) is 1. The normalized spacial score (nSPS) is 15.9. The van der Waals surface area contributed by atoms with Crippen molar-refractivity contribution in [1.82, 2.24) is 4.57 Å². The number of halogens is 2. The number of carbonyl (C=O) groups is 1. The van der Waals surface area contributed by atoms with E-state index >= 15 is 0 Å². The van der Waals surface area contributed by atoms with Crippen molar-refractivity contribution in [2.45, 2.75) is 25.9 Å². The number of nitriles is 1. The van der Waals surface area contributed by atoms with E-state index in [4.69, 9.17) is 10.5 Å². The van der Waals surface area contributed by atoms with Gasteiger partial charge in [0.2, 0.25) is 0 Å². The SMILES string of the molecule is CC(C)OC(=O)C1=c2s/c(=C\c3ccc(Br)cc3)c(=O)n2C(N)=C(C#N)[C@H]1c1ccc(Br)cc1. The quantitative estimate of drug-likeness (QED) is 0.459. The van der Waals surface area contributed by atoms with Crippen molar-refractivity contribution in [3.8, 4) is 6.07 Å². The number of hydrogen-bond acceptors (Lipinski definition) is 6. The highest BCUT2D eigenvalue weighted by atomic mass is 79.9. The fourth-order valence-electron chi connectivity index (χ4n) is 3.72. The minimum atomic E-state index is -0.761. The number of benzene rings is 2. The van der Waals surface area contributed by atoms with Gasteiger partial charge < -0.3 is 10.5 Å². The molecule has 9 heteroatoms. The number of fused-ring (bicyclic) bond motifs is 1. The van der Waals surface area contributed by atoms with E-state index in [1.807, 2.05) is 48.5 Å². The number of ether oxygens (including phenoxy) is 1. The van der Waals surface area contributed by atoms with Gasteiger partial charge in [-0.2, -0.15) is 5.26 Å². The second-order valence-electron chi connectivity index (χ2n) is 7.87. The van der Waals surface area contributed by atoms with Gasteiger partial charge in [0.25, 0.3) is 5.56 Å². The van der Waals surface area contributed by atoms with Crippen molar-refractivity contribution in [1.29, 1.82) is 5.26 Å². The molecule has 1 atom stereocenters. The lowest BCUT2D eigenvalue weighted by atomic mass is 9.84. The third-order valence-corrected chi connectivity index (χ3v) is 7.37. The minimum absolute atomic E-state index is 0.0169. The first-order chi connectivity index (χ1) is 16.2. The smallest absolute Gasteiger partial charge is 0.338 e. The molecular weight excluding hydrogens is 582 g/mol. The summed E-state index contributed by atoms with van der Waals surface area (Å²) in [6.45, 7) is 3.50. The molecule has 2 aromatic carbocycles. The molecule has 6 nitrogen and oxygen atoms in total. The van der Waals surface area contributed by atoms with Gasteiger partial charge in [-0.15, -0.1) is 11.3 Å². The van der Waals surface area contributed by atoms with Gasteiger partial charge >= 0.3 is 5.97 Å². The minimum Gasteiger partial charge on any atom is -0.460 e. The van der Waals surface area contributed by atoms with Crippen LogP contribution in [0.4, 0.5) is 0 Å². The van der Waals surface area contributed by atoms with Crippen LogP contribution in [0, 0.1) is 11.3 Å². The van der Waals surface area contributed by atoms with Crippen LogP contribution in [-0.4, -0.2) is 16.6 Å². The van der Waals surface area contributed by atoms with Crippen LogP contribution in [0.25, 0.3) is 17.5 Å². The van der Waals surface area contributed by atoms with Crippen molar-refractivity contribution >= 4 is 66.6 Å². The Kier molecular flexibility index (Phi) is 6.94. The lowest BCUT2D eigenvalue weighted by Crippen LogP contribution is -2.40. The molecular formula is C25H19Br2N3O3S. The summed E-state index contributed by atoms with van der Waals surface area (Å²) < 4.78 is 9.33. The van der Waals surface area contributed by atoms with Crippen molar-refractivity contribution in [2.24, 2.45) is 5.73 Å². The van der Waals surface area contributed by atoms with Crippen molar-refractivity contribution in [3.05, 3.63) is 93.7 Å². The molecule has 1 aliphatic rings. The molecule has 2 N–H and O–H groups in total. The lowest BCUT2D eigenvalue weighted by molar-refractivity contribution is -0.140. The number of esters is 1. The number of nitrogens with zero attached hydrogens (tertiary/aromatic N) is 2. The zero-order valence-electron chi connectivity index (χ0n) is 18.2. The van der Waals surface area contributed by atoms with Gasteiger partial charge in [0.1, 0.15) is 10.5 Å². The summed E-state index contributed by atoms with van der Waals surface area (Å²) in [4.78, 5) is 26.7. The van der Waals surface area contributed by atoms with Crippen LogP contribution in [0.3, 0.4) is 0 Å². The van der Waals surface area contributed by atoms with E-state index in [1.54, 1.807) is 19.9 Å². The Hall–Kier alpha value is -2.93. The summed E-state index contributed by atoms with van der Waals surface area (Å²) in [5.41, 5.74) is 7.85. The van der Waals surface area contributed by atoms with Gasteiger partial charge in [-0.25, -0.2) is 4.79 Å². The van der Waals surface area contributed by atoms with Gasteiger partial charge in [-0.3, -0.25) is 9.36 Å². The molecule has 0 radical (unpaired) electrons. The standard InChI is InChI=1S/C25H19Br2N3O3S/c1-13(2)33-25(32)21-20(15-5-9-17(27)10-6-15)18(12-28)22(29)30-23(31)19(34-24(21)30)11-14-3-7-16(26)8-4-14/h3-11,13,20H,29H2,1-2H3/b19-11-/t20-/m1/s1. The average Bonchev–Trinajstić information content (AvgIpc) is 3.11. The van der Waals surface area contributed by atoms with E-state index in [1.165, 1.54) is 4.57 Å². The predicted octanol–water partition coefficient (Wildman–Crippen LogP) is 3.81. The zero-order valence-corrected chi connectivity index (χ0v) is 22.2. The molecule has 172 valence electrons. The van der Waals surface area contributed by atoms with Gasteiger partial charge in [0.15, 0.2) is 0 Å². The summed E-state index contributed by atoms with van der Waals surface area (Å²) in [6.07, 6.45) is 1.36. The molecule has 0 spiro atoms. The van der Waals surface area contributed by atoms with Crippen LogP contribution >= 0.6 is 43.2 Å². The van der Waals surface area contributed by atoms with Crippen LogP contribution in [0.1, 0.15) is 30.9 Å². The summed E-state index contributed by atoms with van der Waals surface area (Å²) in [5, 5.41) is 10.0. The maximum absolute atomic E-state index is 13.4. The van der Waals surface area contributed by atoms with E-state index in [0.717, 1.165) is 25.8 Å². The zero-order chi connectivity index (χ0) is 24.6. The maximum Gasteiger partial charge on any atom is 0.338 e. The summed E-state index contributed by atoms with van der Waals surface area (Å²) in [5.74, 6) is -1.33. The highest BCUT2D eigenvalue weighted by Crippen LogP contribution is 2.37. The molecule has 0 aliphatic carbocycles. The van der Waals surface area contributed by atoms with Crippen molar-refractivity contribution in [2.75, 3.05) is 0 Å². The monoisotopic (exact) mass is 599 g/mol. The number of carbonyl (C=O) groups excluding carboxylic acids is 1. The van der Waals surface area contributed by atoms with Gasteiger partial charge in [0, 0.05) is 8.95 Å². The first kappa shape index (κ1) is 24.2. The fraction of sp³-hybridized carbons (Fsp3) is 0.160. The lowest BCUT2D eigenvalue weighted by Gasteiger charge is -2.25. The van der Waals surface area contributed by atoms with E-state index in [2.05, 4.69) is 37.9 Å². The summed E-state index contributed by atoms with van der Waals surface area (Å²) in [6, 6.07) is 16.9. The van der Waals surface area contributed by atoms with Crippen LogP contribution < -0.4 is 20.5 Å². The first-order valence-electron chi connectivity index (χ1n) is 10.3.